The maximum atomic E-state index is 11.3. The minimum absolute atomic E-state index is 0.393. The van der Waals surface area contributed by atoms with E-state index in [2.05, 4.69) is 15.3 Å². The molecule has 1 aromatic rings. The molecule has 18 heavy (non-hydrogen) atoms. The summed E-state index contributed by atoms with van der Waals surface area (Å²) >= 11 is 0. The smallest absolute Gasteiger partial charge is 0.407 e. The van der Waals surface area contributed by atoms with E-state index in [1.807, 2.05) is 27.7 Å². The van der Waals surface area contributed by atoms with Gasteiger partial charge < -0.3 is 10.1 Å². The number of carbonyl (C=O) groups excluding carboxylic acids is 1. The highest BCUT2D eigenvalue weighted by atomic mass is 16.6. The van der Waals surface area contributed by atoms with Gasteiger partial charge in [0.2, 0.25) is 0 Å². The number of aryl methyl sites for hydroxylation is 1. The van der Waals surface area contributed by atoms with Crippen LogP contribution in [0.5, 0.6) is 0 Å². The molecule has 0 atom stereocenters. The Bertz CT molecular complexity index is 436. The van der Waals surface area contributed by atoms with Crippen LogP contribution in [0.15, 0.2) is 18.5 Å². The normalized spacial score (nSPS) is 11.6. The molecule has 0 saturated heterocycles. The van der Waals surface area contributed by atoms with E-state index in [0.29, 0.717) is 6.54 Å². The third kappa shape index (κ3) is 5.98. The molecule has 5 nitrogen and oxygen atoms in total. The van der Waals surface area contributed by atoms with Gasteiger partial charge in [-0.2, -0.15) is 0 Å². The number of amides is 1. The molecular weight excluding hydrogens is 230 g/mol. The molecule has 0 aliphatic rings. The van der Waals surface area contributed by atoms with Gasteiger partial charge >= 0.3 is 6.09 Å². The third-order valence-electron chi connectivity index (χ3n) is 1.83. The van der Waals surface area contributed by atoms with Gasteiger partial charge in [-0.1, -0.05) is 6.08 Å². The van der Waals surface area contributed by atoms with Crippen LogP contribution in [-0.4, -0.2) is 28.2 Å². The molecule has 0 bridgehead atoms. The first kappa shape index (κ1) is 14.2. The fraction of sp³-hybridized carbons (Fsp3) is 0.462. The molecule has 98 valence electrons. The SMILES string of the molecule is Cc1cncc(C=CCNC(=O)OC(C)(C)C)n1. The summed E-state index contributed by atoms with van der Waals surface area (Å²) in [6, 6.07) is 0. The zero-order chi connectivity index (χ0) is 13.6. The van der Waals surface area contributed by atoms with E-state index in [4.69, 9.17) is 4.74 Å². The van der Waals surface area contributed by atoms with Gasteiger partial charge in [-0.15, -0.1) is 0 Å². The van der Waals surface area contributed by atoms with Gasteiger partial charge in [0.05, 0.1) is 17.6 Å². The van der Waals surface area contributed by atoms with Gasteiger partial charge in [-0.25, -0.2) is 4.79 Å². The van der Waals surface area contributed by atoms with Crippen molar-refractivity contribution in [1.29, 1.82) is 0 Å². The van der Waals surface area contributed by atoms with Gasteiger partial charge in [0.25, 0.3) is 0 Å². The summed E-state index contributed by atoms with van der Waals surface area (Å²) in [6.45, 7) is 7.74. The Morgan fingerprint density at radius 1 is 1.44 bits per heavy atom. The minimum Gasteiger partial charge on any atom is -0.444 e. The molecule has 0 radical (unpaired) electrons. The molecule has 0 spiro atoms. The quantitative estimate of drug-likeness (QED) is 0.893. The number of rotatable bonds is 3. The van der Waals surface area contributed by atoms with Crippen molar-refractivity contribution in [3.8, 4) is 0 Å². The highest BCUT2D eigenvalue weighted by Gasteiger charge is 2.14. The molecule has 0 fully saturated rings. The molecule has 1 amide bonds. The van der Waals surface area contributed by atoms with Crippen molar-refractivity contribution >= 4 is 12.2 Å². The lowest BCUT2D eigenvalue weighted by atomic mass is 10.2. The molecular formula is C13H19N3O2. The van der Waals surface area contributed by atoms with Crippen molar-refractivity contribution < 1.29 is 9.53 Å². The van der Waals surface area contributed by atoms with Gasteiger partial charge in [-0.3, -0.25) is 9.97 Å². The Morgan fingerprint density at radius 2 is 2.17 bits per heavy atom. The van der Waals surface area contributed by atoms with Gasteiger partial charge in [0.1, 0.15) is 5.60 Å². The Kier molecular flexibility index (Phi) is 4.83. The van der Waals surface area contributed by atoms with Crippen LogP contribution in [0.1, 0.15) is 32.2 Å². The van der Waals surface area contributed by atoms with E-state index in [1.165, 1.54) is 0 Å². The Hall–Kier alpha value is -1.91. The zero-order valence-electron chi connectivity index (χ0n) is 11.2. The first-order valence-electron chi connectivity index (χ1n) is 5.79. The maximum absolute atomic E-state index is 11.3. The van der Waals surface area contributed by atoms with Crippen molar-refractivity contribution in [2.75, 3.05) is 6.54 Å². The number of nitrogens with one attached hydrogen (secondary N) is 1. The van der Waals surface area contributed by atoms with Crippen molar-refractivity contribution in [3.05, 3.63) is 29.9 Å². The lowest BCUT2D eigenvalue weighted by Gasteiger charge is -2.19. The second-order valence-electron chi connectivity index (χ2n) is 4.87. The Balaban J connectivity index is 2.36. The van der Waals surface area contributed by atoms with Gasteiger partial charge in [-0.05, 0) is 33.8 Å². The summed E-state index contributed by atoms with van der Waals surface area (Å²) < 4.78 is 5.10. The van der Waals surface area contributed by atoms with Crippen molar-refractivity contribution in [2.45, 2.75) is 33.3 Å². The topological polar surface area (TPSA) is 64.1 Å². The van der Waals surface area contributed by atoms with E-state index >= 15 is 0 Å². The molecule has 0 aliphatic heterocycles. The fourth-order valence-electron chi connectivity index (χ4n) is 1.20. The highest BCUT2D eigenvalue weighted by molar-refractivity contribution is 5.68. The minimum atomic E-state index is -0.476. The number of ether oxygens (including phenoxy) is 1. The standard InChI is InChI=1S/C13H19N3O2/c1-10-8-14-9-11(16-10)6-5-7-15-12(17)18-13(2,3)4/h5-6,8-9H,7H2,1-4H3,(H,15,17). The average molecular weight is 249 g/mol. The largest absolute Gasteiger partial charge is 0.444 e. The molecule has 1 N–H and O–H groups in total. The van der Waals surface area contributed by atoms with Gasteiger partial charge in [0, 0.05) is 12.7 Å². The number of aromatic nitrogens is 2. The predicted octanol–water partition coefficient (Wildman–Crippen LogP) is 2.32. The summed E-state index contributed by atoms with van der Waals surface area (Å²) in [7, 11) is 0. The van der Waals surface area contributed by atoms with E-state index in [1.54, 1.807) is 24.5 Å². The van der Waals surface area contributed by atoms with Crippen LogP contribution in [0.25, 0.3) is 6.08 Å². The number of hydrogen-bond donors (Lipinski definition) is 1. The Morgan fingerprint density at radius 3 is 2.78 bits per heavy atom. The number of alkyl carbamates (subject to hydrolysis) is 1. The maximum Gasteiger partial charge on any atom is 0.407 e. The van der Waals surface area contributed by atoms with Gasteiger partial charge in [0.15, 0.2) is 0 Å². The lowest BCUT2D eigenvalue weighted by Crippen LogP contribution is -2.32. The van der Waals surface area contributed by atoms with E-state index in [-0.39, 0.29) is 0 Å². The zero-order valence-corrected chi connectivity index (χ0v) is 11.2. The first-order valence-corrected chi connectivity index (χ1v) is 5.79. The van der Waals surface area contributed by atoms with E-state index in [0.717, 1.165) is 11.4 Å². The monoisotopic (exact) mass is 249 g/mol. The van der Waals surface area contributed by atoms with E-state index in [9.17, 15) is 4.79 Å². The average Bonchev–Trinajstić information content (AvgIpc) is 2.22. The van der Waals surface area contributed by atoms with Crippen LogP contribution >= 0.6 is 0 Å². The van der Waals surface area contributed by atoms with Crippen molar-refractivity contribution in [3.63, 3.8) is 0 Å². The van der Waals surface area contributed by atoms with Crippen molar-refractivity contribution in [1.82, 2.24) is 15.3 Å². The van der Waals surface area contributed by atoms with Crippen LogP contribution < -0.4 is 5.32 Å². The summed E-state index contributed by atoms with van der Waals surface area (Å²) in [5.41, 5.74) is 1.15. The second kappa shape index (κ2) is 6.14. The summed E-state index contributed by atoms with van der Waals surface area (Å²) in [5.74, 6) is 0. The van der Waals surface area contributed by atoms with Crippen LogP contribution in [0.4, 0.5) is 4.79 Å². The first-order chi connectivity index (χ1) is 8.37. The third-order valence-corrected chi connectivity index (χ3v) is 1.83. The van der Waals surface area contributed by atoms with Crippen LogP contribution in [0.2, 0.25) is 0 Å². The molecule has 1 heterocycles. The Labute approximate surface area is 107 Å². The summed E-state index contributed by atoms with van der Waals surface area (Å²) in [6.07, 6.45) is 6.53. The number of carbonyl (C=O) groups is 1. The predicted molar refractivity (Wildman–Crippen MR) is 70.0 cm³/mol. The molecule has 5 heteroatoms. The van der Waals surface area contributed by atoms with E-state index < -0.39 is 11.7 Å². The molecule has 0 aromatic carbocycles. The molecule has 0 saturated carbocycles. The second-order valence-corrected chi connectivity index (χ2v) is 4.87. The van der Waals surface area contributed by atoms with Crippen LogP contribution in [0.3, 0.4) is 0 Å². The highest BCUT2D eigenvalue weighted by Crippen LogP contribution is 2.06. The number of hydrogen-bond acceptors (Lipinski definition) is 4. The van der Waals surface area contributed by atoms with Crippen LogP contribution in [0, 0.1) is 6.92 Å². The molecule has 1 rings (SSSR count). The molecule has 0 aliphatic carbocycles. The summed E-state index contributed by atoms with van der Waals surface area (Å²) in [4.78, 5) is 19.6. The number of nitrogens with zero attached hydrogens (tertiary/aromatic N) is 2. The van der Waals surface area contributed by atoms with Crippen LogP contribution in [-0.2, 0) is 4.74 Å². The molecule has 0 unspecified atom stereocenters. The van der Waals surface area contributed by atoms with Crippen molar-refractivity contribution in [2.24, 2.45) is 0 Å². The molecule has 1 aromatic heterocycles. The lowest BCUT2D eigenvalue weighted by molar-refractivity contribution is 0.0534. The fourth-order valence-corrected chi connectivity index (χ4v) is 1.20. The summed E-state index contributed by atoms with van der Waals surface area (Å²) in [5, 5.41) is 2.63.